The summed E-state index contributed by atoms with van der Waals surface area (Å²) < 4.78 is 2.03. The molecule has 0 bridgehead atoms. The Labute approximate surface area is 144 Å². The van der Waals surface area contributed by atoms with Gasteiger partial charge in [-0.25, -0.2) is 9.67 Å². The maximum atomic E-state index is 9.96. The lowest BCUT2D eigenvalue weighted by Gasteiger charge is -2.25. The Balaban J connectivity index is 1.59. The third kappa shape index (κ3) is 4.06. The van der Waals surface area contributed by atoms with Gasteiger partial charge in [0.15, 0.2) is 11.8 Å². The van der Waals surface area contributed by atoms with Crippen LogP contribution in [0.1, 0.15) is 51.2 Å². The number of hydrogen-bond donors (Lipinski definition) is 3. The molecule has 3 rings (SSSR count). The Morgan fingerprint density at radius 1 is 1.33 bits per heavy atom. The first-order valence-electron chi connectivity index (χ1n) is 9.35. The van der Waals surface area contributed by atoms with Crippen LogP contribution in [0, 0.1) is 5.92 Å². The fourth-order valence-corrected chi connectivity index (χ4v) is 3.58. The second kappa shape index (κ2) is 7.96. The van der Waals surface area contributed by atoms with Crippen LogP contribution in [0.25, 0.3) is 0 Å². The molecule has 2 aliphatic rings. The second-order valence-electron chi connectivity index (χ2n) is 6.84. The number of aliphatic hydroxyl groups excluding tert-OH is 1. The zero-order valence-electron chi connectivity index (χ0n) is 14.8. The minimum absolute atomic E-state index is 0.184. The van der Waals surface area contributed by atoms with Gasteiger partial charge in [0.25, 0.3) is 0 Å². The summed E-state index contributed by atoms with van der Waals surface area (Å²) in [5, 5.41) is 21.4. The van der Waals surface area contributed by atoms with Crippen LogP contribution < -0.4 is 10.6 Å². The number of nitrogens with zero attached hydrogens (tertiary/aromatic N) is 4. The van der Waals surface area contributed by atoms with E-state index in [1.165, 1.54) is 0 Å². The summed E-state index contributed by atoms with van der Waals surface area (Å²) in [6.45, 7) is 6.52. The number of fused-ring (bicyclic) bond motifs is 1. The predicted octanol–water partition coefficient (Wildman–Crippen LogP) is 0.871. The van der Waals surface area contributed by atoms with Crippen molar-refractivity contribution in [3.63, 3.8) is 0 Å². The summed E-state index contributed by atoms with van der Waals surface area (Å²) >= 11 is 0. The van der Waals surface area contributed by atoms with Crippen molar-refractivity contribution in [3.05, 3.63) is 11.6 Å². The molecule has 0 amide bonds. The minimum Gasteiger partial charge on any atom is -0.393 e. The van der Waals surface area contributed by atoms with Crippen molar-refractivity contribution in [1.82, 2.24) is 25.4 Å². The van der Waals surface area contributed by atoms with Crippen LogP contribution in [0.2, 0.25) is 0 Å². The van der Waals surface area contributed by atoms with Gasteiger partial charge in [0.05, 0.1) is 12.6 Å². The summed E-state index contributed by atoms with van der Waals surface area (Å²) in [5.41, 5.74) is 0. The molecule has 1 aromatic heterocycles. The number of nitrogens with one attached hydrogen (secondary N) is 2. The van der Waals surface area contributed by atoms with Gasteiger partial charge in [0.2, 0.25) is 0 Å². The molecule has 1 saturated carbocycles. The fraction of sp³-hybridized carbons (Fsp3) is 0.824. The van der Waals surface area contributed by atoms with Crippen LogP contribution in [0.4, 0.5) is 0 Å². The van der Waals surface area contributed by atoms with Gasteiger partial charge < -0.3 is 15.7 Å². The van der Waals surface area contributed by atoms with E-state index in [1.54, 1.807) is 0 Å². The molecule has 2 heterocycles. The highest BCUT2D eigenvalue weighted by Gasteiger charge is 2.25. The van der Waals surface area contributed by atoms with Crippen LogP contribution in [0.3, 0.4) is 0 Å². The lowest BCUT2D eigenvalue weighted by molar-refractivity contribution is 0.136. The van der Waals surface area contributed by atoms with Crippen LogP contribution in [-0.4, -0.2) is 51.1 Å². The van der Waals surface area contributed by atoms with E-state index in [-0.39, 0.29) is 6.10 Å². The summed E-state index contributed by atoms with van der Waals surface area (Å²) in [7, 11) is 0. The number of aliphatic hydroxyl groups is 1. The molecule has 1 aromatic rings. The SMILES string of the molecule is CCNC(=NCC1CCCC1O)NC1CCc2nc(CC)nn2C1. The van der Waals surface area contributed by atoms with Crippen LogP contribution in [0.5, 0.6) is 0 Å². The van der Waals surface area contributed by atoms with Crippen molar-refractivity contribution in [3.8, 4) is 0 Å². The zero-order chi connectivity index (χ0) is 16.9. The topological polar surface area (TPSA) is 87.4 Å². The highest BCUT2D eigenvalue weighted by Crippen LogP contribution is 2.25. The quantitative estimate of drug-likeness (QED) is 0.549. The summed E-state index contributed by atoms with van der Waals surface area (Å²) in [6, 6.07) is 0.315. The molecule has 3 N–H and O–H groups in total. The number of guanidine groups is 1. The Hall–Kier alpha value is -1.63. The molecule has 0 radical (unpaired) electrons. The number of aryl methyl sites for hydroxylation is 2. The van der Waals surface area contributed by atoms with E-state index in [1.807, 2.05) is 4.68 Å². The maximum absolute atomic E-state index is 9.96. The molecule has 3 atom stereocenters. The number of rotatable bonds is 5. The lowest BCUT2D eigenvalue weighted by Crippen LogP contribution is -2.47. The Kier molecular flexibility index (Phi) is 5.71. The first kappa shape index (κ1) is 17.2. The standard InChI is InChI=1S/C17H30N6O/c1-3-15-21-16-9-8-13(11-23(16)22-15)20-17(18-4-2)19-10-12-6-5-7-14(12)24/h12-14,24H,3-11H2,1-2H3,(H2,18,19,20). The lowest BCUT2D eigenvalue weighted by atomic mass is 10.1. The molecule has 1 fully saturated rings. The molecule has 7 nitrogen and oxygen atoms in total. The molecule has 7 heteroatoms. The van der Waals surface area contributed by atoms with Crippen molar-refractivity contribution in [2.24, 2.45) is 10.9 Å². The van der Waals surface area contributed by atoms with Crippen molar-refractivity contribution in [1.29, 1.82) is 0 Å². The first-order valence-corrected chi connectivity index (χ1v) is 9.35. The van der Waals surface area contributed by atoms with E-state index in [0.717, 1.165) is 69.2 Å². The highest BCUT2D eigenvalue weighted by molar-refractivity contribution is 5.80. The van der Waals surface area contributed by atoms with Crippen molar-refractivity contribution >= 4 is 5.96 Å². The third-order valence-corrected chi connectivity index (χ3v) is 5.01. The molecule has 1 aliphatic heterocycles. The number of aliphatic imine (C=N–C) groups is 1. The summed E-state index contributed by atoms with van der Waals surface area (Å²) in [6.07, 6.45) is 5.80. The van der Waals surface area contributed by atoms with Gasteiger partial charge in [-0.15, -0.1) is 0 Å². The normalized spacial score (nSPS) is 27.1. The monoisotopic (exact) mass is 334 g/mol. The van der Waals surface area contributed by atoms with Crippen molar-refractivity contribution in [2.45, 2.75) is 71.1 Å². The van der Waals surface area contributed by atoms with Gasteiger partial charge in [-0.3, -0.25) is 4.99 Å². The van der Waals surface area contributed by atoms with Gasteiger partial charge in [0.1, 0.15) is 5.82 Å². The zero-order valence-corrected chi connectivity index (χ0v) is 14.8. The summed E-state index contributed by atoms with van der Waals surface area (Å²) in [4.78, 5) is 9.27. The van der Waals surface area contributed by atoms with E-state index in [2.05, 4.69) is 34.6 Å². The molecule has 3 unspecified atom stereocenters. The van der Waals surface area contributed by atoms with Gasteiger partial charge >= 0.3 is 0 Å². The van der Waals surface area contributed by atoms with E-state index < -0.39 is 0 Å². The average Bonchev–Trinajstić information content (AvgIpc) is 3.18. The predicted molar refractivity (Wildman–Crippen MR) is 94.0 cm³/mol. The molecule has 0 saturated heterocycles. The van der Waals surface area contributed by atoms with Gasteiger partial charge in [0, 0.05) is 37.9 Å². The Morgan fingerprint density at radius 2 is 2.21 bits per heavy atom. The minimum atomic E-state index is -0.184. The molecule has 0 spiro atoms. The van der Waals surface area contributed by atoms with E-state index >= 15 is 0 Å². The maximum Gasteiger partial charge on any atom is 0.191 e. The Bertz CT molecular complexity index is 569. The van der Waals surface area contributed by atoms with Crippen molar-refractivity contribution in [2.75, 3.05) is 13.1 Å². The fourth-order valence-electron chi connectivity index (χ4n) is 3.58. The third-order valence-electron chi connectivity index (χ3n) is 5.01. The second-order valence-corrected chi connectivity index (χ2v) is 6.84. The Morgan fingerprint density at radius 3 is 2.92 bits per heavy atom. The smallest absolute Gasteiger partial charge is 0.191 e. The van der Waals surface area contributed by atoms with Gasteiger partial charge in [-0.2, -0.15) is 5.10 Å². The first-order chi connectivity index (χ1) is 11.7. The van der Waals surface area contributed by atoms with Crippen LogP contribution in [0.15, 0.2) is 4.99 Å². The molecule has 1 aliphatic carbocycles. The average molecular weight is 334 g/mol. The van der Waals surface area contributed by atoms with Crippen LogP contribution in [-0.2, 0) is 19.4 Å². The van der Waals surface area contributed by atoms with E-state index in [0.29, 0.717) is 18.5 Å². The van der Waals surface area contributed by atoms with E-state index in [9.17, 15) is 5.11 Å². The largest absolute Gasteiger partial charge is 0.393 e. The van der Waals surface area contributed by atoms with E-state index in [4.69, 9.17) is 4.99 Å². The van der Waals surface area contributed by atoms with Crippen LogP contribution >= 0.6 is 0 Å². The van der Waals surface area contributed by atoms with Crippen molar-refractivity contribution < 1.29 is 5.11 Å². The number of hydrogen-bond acceptors (Lipinski definition) is 4. The number of aromatic nitrogens is 3. The molecular weight excluding hydrogens is 304 g/mol. The molecule has 134 valence electrons. The molecule has 0 aromatic carbocycles. The highest BCUT2D eigenvalue weighted by atomic mass is 16.3. The van der Waals surface area contributed by atoms with Gasteiger partial charge in [-0.05, 0) is 26.2 Å². The molecule has 24 heavy (non-hydrogen) atoms. The molecular formula is C17H30N6O. The summed E-state index contributed by atoms with van der Waals surface area (Å²) in [5.74, 6) is 3.18. The van der Waals surface area contributed by atoms with Gasteiger partial charge in [-0.1, -0.05) is 13.3 Å².